The summed E-state index contributed by atoms with van der Waals surface area (Å²) >= 11 is 0. The highest BCUT2D eigenvalue weighted by Crippen LogP contribution is 2.54. The molecule has 0 radical (unpaired) electrons. The van der Waals surface area contributed by atoms with Crippen LogP contribution in [0.4, 0.5) is 0 Å². The minimum absolute atomic E-state index is 0.115. The number of nitrogens with zero attached hydrogens (tertiary/aromatic N) is 2. The first-order valence-electron chi connectivity index (χ1n) is 11.3. The van der Waals surface area contributed by atoms with Crippen molar-refractivity contribution in [1.29, 1.82) is 0 Å². The summed E-state index contributed by atoms with van der Waals surface area (Å²) in [7, 11) is 1.71. The summed E-state index contributed by atoms with van der Waals surface area (Å²) in [4.78, 5) is 0. The third kappa shape index (κ3) is 2.99. The van der Waals surface area contributed by atoms with E-state index in [0.717, 1.165) is 42.0 Å². The van der Waals surface area contributed by atoms with Crippen LogP contribution in [0.15, 0.2) is 65.8 Å². The largest absolute Gasteiger partial charge is 0.493 e. The number of hydrogen-bond acceptors (Lipinski definition) is 5. The van der Waals surface area contributed by atoms with Crippen LogP contribution in [0.2, 0.25) is 0 Å². The lowest BCUT2D eigenvalue weighted by Crippen LogP contribution is -2.60. The zero-order valence-electron chi connectivity index (χ0n) is 18.8. The summed E-state index contributed by atoms with van der Waals surface area (Å²) in [5, 5.41) is 9.92. The van der Waals surface area contributed by atoms with Gasteiger partial charge in [0.1, 0.15) is 0 Å². The molecule has 3 aliphatic heterocycles. The number of fused-ring (bicyclic) bond motifs is 5. The minimum atomic E-state index is -0.549. The molecule has 3 aromatic rings. The Morgan fingerprint density at radius 2 is 1.88 bits per heavy atom. The quantitative estimate of drug-likeness (QED) is 0.527. The highest BCUT2D eigenvalue weighted by atomic mass is 16.6. The Morgan fingerprint density at radius 1 is 1.03 bits per heavy atom. The summed E-state index contributed by atoms with van der Waals surface area (Å²) in [5.74, 6) is 1.63. The Labute approximate surface area is 188 Å². The minimum Gasteiger partial charge on any atom is -0.493 e. The lowest BCUT2D eigenvalue weighted by molar-refractivity contribution is -0.212. The Kier molecular flexibility index (Phi) is 4.28. The second-order valence-electron chi connectivity index (χ2n) is 9.63. The van der Waals surface area contributed by atoms with Gasteiger partial charge >= 0.3 is 0 Å². The normalized spacial score (nSPS) is 25.8. The molecular formula is C27H28N2O3. The van der Waals surface area contributed by atoms with Crippen molar-refractivity contribution in [1.82, 2.24) is 5.01 Å². The van der Waals surface area contributed by atoms with E-state index in [0.29, 0.717) is 6.61 Å². The first-order chi connectivity index (χ1) is 15.5. The van der Waals surface area contributed by atoms with Crippen molar-refractivity contribution in [2.45, 2.75) is 50.5 Å². The fourth-order valence-corrected chi connectivity index (χ4v) is 5.55. The van der Waals surface area contributed by atoms with Gasteiger partial charge in [0.15, 0.2) is 11.5 Å². The second-order valence-corrected chi connectivity index (χ2v) is 9.63. The molecule has 0 bridgehead atoms. The first-order valence-corrected chi connectivity index (χ1v) is 11.3. The zero-order valence-corrected chi connectivity index (χ0v) is 18.8. The van der Waals surface area contributed by atoms with Gasteiger partial charge < -0.3 is 14.2 Å². The molecule has 0 amide bonds. The molecule has 6 rings (SSSR count). The number of rotatable bonds is 2. The number of methoxy groups -OCH3 is 1. The molecule has 0 aliphatic carbocycles. The van der Waals surface area contributed by atoms with Crippen LogP contribution < -0.4 is 9.47 Å². The molecule has 0 N–H and O–H groups in total. The SMILES string of the molecule is COc1cccc2c1O[C@]1(CCOC(C)(C)C1)N1N=C(c3ccc4ccccc4c3)C[C@@H]21. The smallest absolute Gasteiger partial charge is 0.203 e. The first kappa shape index (κ1) is 19.6. The van der Waals surface area contributed by atoms with E-state index >= 15 is 0 Å². The van der Waals surface area contributed by atoms with Crippen molar-refractivity contribution in [2.24, 2.45) is 5.10 Å². The van der Waals surface area contributed by atoms with Crippen LogP contribution in [0.25, 0.3) is 10.8 Å². The second kappa shape index (κ2) is 6.97. The van der Waals surface area contributed by atoms with Crippen LogP contribution in [0, 0.1) is 0 Å². The lowest BCUT2D eigenvalue weighted by atomic mass is 9.86. The van der Waals surface area contributed by atoms with Gasteiger partial charge in [-0.15, -0.1) is 0 Å². The molecule has 2 atom stereocenters. The van der Waals surface area contributed by atoms with E-state index in [1.807, 2.05) is 12.1 Å². The van der Waals surface area contributed by atoms with Crippen LogP contribution in [0.3, 0.4) is 0 Å². The van der Waals surface area contributed by atoms with E-state index in [-0.39, 0.29) is 11.6 Å². The molecule has 5 heteroatoms. The Bertz CT molecular complexity index is 1230. The van der Waals surface area contributed by atoms with E-state index in [1.54, 1.807) is 7.11 Å². The monoisotopic (exact) mass is 428 g/mol. The lowest BCUT2D eigenvalue weighted by Gasteiger charge is -2.52. The van der Waals surface area contributed by atoms with Crippen molar-refractivity contribution in [3.05, 3.63) is 71.8 Å². The summed E-state index contributed by atoms with van der Waals surface area (Å²) < 4.78 is 18.6. The molecular weight excluding hydrogens is 400 g/mol. The summed E-state index contributed by atoms with van der Waals surface area (Å²) in [5.41, 5.74) is 2.57. The van der Waals surface area contributed by atoms with Crippen LogP contribution >= 0.6 is 0 Å². The van der Waals surface area contributed by atoms with Crippen LogP contribution in [-0.2, 0) is 4.74 Å². The van der Waals surface area contributed by atoms with Crippen molar-refractivity contribution < 1.29 is 14.2 Å². The third-order valence-corrected chi connectivity index (χ3v) is 6.98. The Balaban J connectivity index is 1.48. The fraction of sp³-hybridized carbons (Fsp3) is 0.370. The molecule has 164 valence electrons. The molecule has 1 fully saturated rings. The number of para-hydroxylation sites is 1. The summed E-state index contributed by atoms with van der Waals surface area (Å²) in [6.07, 6.45) is 2.34. The van der Waals surface area contributed by atoms with E-state index in [4.69, 9.17) is 19.3 Å². The van der Waals surface area contributed by atoms with Gasteiger partial charge in [-0.3, -0.25) is 0 Å². The van der Waals surface area contributed by atoms with Crippen molar-refractivity contribution in [3.8, 4) is 11.5 Å². The highest BCUT2D eigenvalue weighted by molar-refractivity contribution is 6.04. The molecule has 3 heterocycles. The number of hydrogen-bond donors (Lipinski definition) is 0. The van der Waals surface area contributed by atoms with Crippen molar-refractivity contribution >= 4 is 16.5 Å². The van der Waals surface area contributed by atoms with E-state index in [2.05, 4.69) is 67.4 Å². The average Bonchev–Trinajstić information content (AvgIpc) is 3.25. The van der Waals surface area contributed by atoms with Crippen LogP contribution in [-0.4, -0.2) is 35.8 Å². The molecule has 3 aromatic carbocycles. The fourth-order valence-electron chi connectivity index (χ4n) is 5.55. The maximum atomic E-state index is 6.80. The zero-order chi connectivity index (χ0) is 21.9. The molecule has 0 unspecified atom stereocenters. The van der Waals surface area contributed by atoms with Crippen molar-refractivity contribution in [3.63, 3.8) is 0 Å². The van der Waals surface area contributed by atoms with Gasteiger partial charge in [0, 0.05) is 24.8 Å². The molecule has 0 aromatic heterocycles. The molecule has 3 aliphatic rings. The van der Waals surface area contributed by atoms with E-state index in [1.165, 1.54) is 16.3 Å². The number of ether oxygens (including phenoxy) is 3. The molecule has 0 saturated carbocycles. The van der Waals surface area contributed by atoms with E-state index < -0.39 is 5.72 Å². The summed E-state index contributed by atoms with van der Waals surface area (Å²) in [6.45, 7) is 4.91. The topological polar surface area (TPSA) is 43.3 Å². The van der Waals surface area contributed by atoms with Gasteiger partial charge in [-0.05, 0) is 42.3 Å². The van der Waals surface area contributed by atoms with Gasteiger partial charge in [0.2, 0.25) is 5.72 Å². The Morgan fingerprint density at radius 3 is 2.69 bits per heavy atom. The molecule has 1 spiro atoms. The van der Waals surface area contributed by atoms with E-state index in [9.17, 15) is 0 Å². The van der Waals surface area contributed by atoms with Gasteiger partial charge in [0.25, 0.3) is 0 Å². The van der Waals surface area contributed by atoms with Crippen LogP contribution in [0.1, 0.15) is 50.3 Å². The summed E-state index contributed by atoms with van der Waals surface area (Å²) in [6, 6.07) is 21.4. The standard InChI is InChI=1S/C27H28N2O3/c1-26(2)17-27(13-14-31-26)29-23(21-9-6-10-24(30-3)25(21)32-27)16-22(28-29)20-12-11-18-7-4-5-8-19(18)15-20/h4-12,15,23H,13-14,16-17H2,1-3H3/t23-,27-/m0/s1. The maximum Gasteiger partial charge on any atom is 0.203 e. The predicted molar refractivity (Wildman–Crippen MR) is 125 cm³/mol. The molecule has 32 heavy (non-hydrogen) atoms. The number of hydrazone groups is 1. The highest BCUT2D eigenvalue weighted by Gasteiger charge is 2.55. The molecule has 1 saturated heterocycles. The average molecular weight is 429 g/mol. The van der Waals surface area contributed by atoms with Gasteiger partial charge in [-0.2, -0.15) is 5.10 Å². The predicted octanol–water partition coefficient (Wildman–Crippen LogP) is 5.68. The maximum absolute atomic E-state index is 6.80. The van der Waals surface area contributed by atoms with Crippen molar-refractivity contribution in [2.75, 3.05) is 13.7 Å². The molecule has 5 nitrogen and oxygen atoms in total. The third-order valence-electron chi connectivity index (χ3n) is 6.98. The van der Waals surface area contributed by atoms with Gasteiger partial charge in [0.05, 0.1) is 31.1 Å². The number of benzene rings is 3. The van der Waals surface area contributed by atoms with Gasteiger partial charge in [-0.25, -0.2) is 5.01 Å². The Hall–Kier alpha value is -3.05. The van der Waals surface area contributed by atoms with Gasteiger partial charge in [-0.1, -0.05) is 48.5 Å². The van der Waals surface area contributed by atoms with Crippen LogP contribution in [0.5, 0.6) is 11.5 Å².